The monoisotopic (exact) mass is 324 g/mol. The second-order valence-electron chi connectivity index (χ2n) is 6.49. The molecule has 2 heterocycles. The van der Waals surface area contributed by atoms with Gasteiger partial charge in [0.25, 0.3) is 5.91 Å². The molecule has 2 aromatic rings. The number of benzene rings is 1. The molecule has 1 aliphatic rings. The predicted molar refractivity (Wildman–Crippen MR) is 96.9 cm³/mol. The number of amides is 1. The molecule has 1 N–H and O–H groups in total. The fraction of sp³-hybridized carbons (Fsp3) is 0.368. The Bertz CT molecular complexity index is 729. The molecule has 0 saturated heterocycles. The van der Waals surface area contributed by atoms with Gasteiger partial charge in [-0.2, -0.15) is 0 Å². The van der Waals surface area contributed by atoms with Gasteiger partial charge in [0.1, 0.15) is 11.5 Å². The van der Waals surface area contributed by atoms with Crippen LogP contribution in [0.5, 0.6) is 0 Å². The third kappa shape index (κ3) is 3.41. The fourth-order valence-electron chi connectivity index (χ4n) is 3.08. The van der Waals surface area contributed by atoms with E-state index in [-0.39, 0.29) is 5.91 Å². The number of aromatic nitrogens is 1. The lowest BCUT2D eigenvalue weighted by atomic mass is 10.1. The van der Waals surface area contributed by atoms with Gasteiger partial charge < -0.3 is 15.1 Å². The summed E-state index contributed by atoms with van der Waals surface area (Å²) in [5.74, 6) is 0.701. The van der Waals surface area contributed by atoms with Crippen LogP contribution in [0, 0.1) is 0 Å². The van der Waals surface area contributed by atoms with E-state index in [4.69, 9.17) is 0 Å². The first-order chi connectivity index (χ1) is 11.6. The number of fused-ring (bicyclic) bond motifs is 1. The van der Waals surface area contributed by atoms with Crippen LogP contribution in [0.1, 0.15) is 23.0 Å². The molecule has 3 rings (SSSR count). The van der Waals surface area contributed by atoms with Gasteiger partial charge in [-0.05, 0) is 51.2 Å². The highest BCUT2D eigenvalue weighted by Crippen LogP contribution is 2.36. The first-order valence-corrected chi connectivity index (χ1v) is 8.33. The van der Waals surface area contributed by atoms with E-state index in [1.54, 1.807) is 6.07 Å². The van der Waals surface area contributed by atoms with Crippen molar-refractivity contribution >= 4 is 17.4 Å². The topological polar surface area (TPSA) is 48.5 Å². The lowest BCUT2D eigenvalue weighted by Gasteiger charge is -2.24. The molecule has 1 atom stereocenters. The van der Waals surface area contributed by atoms with E-state index >= 15 is 0 Å². The Hall–Kier alpha value is -2.40. The van der Waals surface area contributed by atoms with Crippen LogP contribution >= 0.6 is 0 Å². The van der Waals surface area contributed by atoms with Crippen molar-refractivity contribution in [2.75, 3.05) is 32.1 Å². The van der Waals surface area contributed by atoms with E-state index in [2.05, 4.69) is 40.3 Å². The highest BCUT2D eigenvalue weighted by molar-refractivity contribution is 5.92. The molecular formula is C19H24N4O. The minimum Gasteiger partial charge on any atom is -0.349 e. The molecule has 126 valence electrons. The Morgan fingerprint density at radius 1 is 1.25 bits per heavy atom. The quantitative estimate of drug-likeness (QED) is 0.918. The van der Waals surface area contributed by atoms with Crippen LogP contribution < -0.4 is 10.2 Å². The Labute approximate surface area is 143 Å². The smallest absolute Gasteiger partial charge is 0.270 e. The second kappa shape index (κ2) is 7.01. The van der Waals surface area contributed by atoms with Gasteiger partial charge >= 0.3 is 0 Å². The van der Waals surface area contributed by atoms with E-state index in [1.165, 1.54) is 11.3 Å². The molecule has 5 nitrogen and oxygen atoms in total. The largest absolute Gasteiger partial charge is 0.349 e. The van der Waals surface area contributed by atoms with Crippen molar-refractivity contribution in [2.45, 2.75) is 19.4 Å². The minimum atomic E-state index is -0.126. The van der Waals surface area contributed by atoms with Crippen LogP contribution in [0.4, 0.5) is 11.5 Å². The van der Waals surface area contributed by atoms with Crippen molar-refractivity contribution in [2.24, 2.45) is 0 Å². The number of hydrogen-bond donors (Lipinski definition) is 1. The number of nitrogens with one attached hydrogen (secondary N) is 1. The summed E-state index contributed by atoms with van der Waals surface area (Å²) in [5, 5.41) is 2.92. The lowest BCUT2D eigenvalue weighted by molar-refractivity contribution is 0.0946. The maximum absolute atomic E-state index is 12.3. The molecular weight excluding hydrogens is 300 g/mol. The van der Waals surface area contributed by atoms with Crippen LogP contribution in [0.15, 0.2) is 42.5 Å². The summed E-state index contributed by atoms with van der Waals surface area (Å²) in [5.41, 5.74) is 2.97. The van der Waals surface area contributed by atoms with Gasteiger partial charge in [-0.1, -0.05) is 24.3 Å². The van der Waals surface area contributed by atoms with E-state index in [0.717, 1.165) is 18.8 Å². The summed E-state index contributed by atoms with van der Waals surface area (Å²) in [7, 11) is 3.97. The van der Waals surface area contributed by atoms with Crippen LogP contribution in [-0.2, 0) is 6.42 Å². The molecule has 1 aromatic carbocycles. The maximum atomic E-state index is 12.3. The summed E-state index contributed by atoms with van der Waals surface area (Å²) in [4.78, 5) is 21.2. The maximum Gasteiger partial charge on any atom is 0.270 e. The van der Waals surface area contributed by atoms with Gasteiger partial charge in [-0.3, -0.25) is 4.79 Å². The van der Waals surface area contributed by atoms with Crippen molar-refractivity contribution in [3.8, 4) is 0 Å². The zero-order valence-electron chi connectivity index (χ0n) is 14.5. The van der Waals surface area contributed by atoms with E-state index in [1.807, 2.05) is 37.2 Å². The Morgan fingerprint density at radius 2 is 2.04 bits per heavy atom. The lowest BCUT2D eigenvalue weighted by Crippen LogP contribution is -2.32. The second-order valence-corrected chi connectivity index (χ2v) is 6.49. The molecule has 1 aliphatic heterocycles. The highest BCUT2D eigenvalue weighted by atomic mass is 16.1. The summed E-state index contributed by atoms with van der Waals surface area (Å²) in [6.07, 6.45) is 0.997. The zero-order chi connectivity index (χ0) is 17.1. The van der Waals surface area contributed by atoms with E-state index in [9.17, 15) is 4.79 Å². The Kier molecular flexibility index (Phi) is 4.81. The van der Waals surface area contributed by atoms with Crippen LogP contribution in [-0.4, -0.2) is 49.0 Å². The molecule has 0 radical (unpaired) electrons. The number of carbonyl (C=O) groups is 1. The molecule has 0 bridgehead atoms. The number of anilines is 2. The molecule has 0 saturated carbocycles. The molecule has 1 aromatic heterocycles. The summed E-state index contributed by atoms with van der Waals surface area (Å²) >= 11 is 0. The van der Waals surface area contributed by atoms with Crippen LogP contribution in [0.25, 0.3) is 0 Å². The highest BCUT2D eigenvalue weighted by Gasteiger charge is 2.27. The van der Waals surface area contributed by atoms with Crippen LogP contribution in [0.2, 0.25) is 0 Å². The first-order valence-electron chi connectivity index (χ1n) is 8.33. The number of nitrogens with zero attached hydrogens (tertiary/aromatic N) is 3. The third-order valence-electron chi connectivity index (χ3n) is 4.27. The molecule has 0 spiro atoms. The number of hydrogen-bond acceptors (Lipinski definition) is 4. The summed E-state index contributed by atoms with van der Waals surface area (Å²) in [6, 6.07) is 14.3. The molecule has 0 fully saturated rings. The number of pyridine rings is 1. The molecule has 1 unspecified atom stereocenters. The zero-order valence-corrected chi connectivity index (χ0v) is 14.5. The van der Waals surface area contributed by atoms with Crippen molar-refractivity contribution in [3.05, 3.63) is 53.7 Å². The normalized spacial score (nSPS) is 16.3. The standard InChI is InChI=1S/C19H24N4O/c1-14-13-15-7-4-5-9-17(15)23(14)18-10-6-8-16(21-18)19(24)20-11-12-22(2)3/h4-10,14H,11-13H2,1-3H3,(H,20,24). The van der Waals surface area contributed by atoms with Crippen LogP contribution in [0.3, 0.4) is 0 Å². The van der Waals surface area contributed by atoms with Gasteiger partial charge in [0.05, 0.1) is 0 Å². The molecule has 5 heteroatoms. The average Bonchev–Trinajstić information content (AvgIpc) is 2.90. The predicted octanol–water partition coefficient (Wildman–Crippen LogP) is 2.46. The number of likely N-dealkylation sites (N-methyl/N-ethyl adjacent to an activating group) is 1. The first kappa shape index (κ1) is 16.5. The Morgan fingerprint density at radius 3 is 2.83 bits per heavy atom. The van der Waals surface area contributed by atoms with Gasteiger partial charge in [0.15, 0.2) is 0 Å². The van der Waals surface area contributed by atoms with Gasteiger partial charge in [-0.15, -0.1) is 0 Å². The Balaban J connectivity index is 1.80. The van der Waals surface area contributed by atoms with Crippen molar-refractivity contribution in [3.63, 3.8) is 0 Å². The SMILES string of the molecule is CC1Cc2ccccc2N1c1cccc(C(=O)NCCN(C)C)n1. The summed E-state index contributed by atoms with van der Waals surface area (Å²) in [6.45, 7) is 3.61. The van der Waals surface area contributed by atoms with Gasteiger partial charge in [-0.25, -0.2) is 4.98 Å². The van der Waals surface area contributed by atoms with E-state index in [0.29, 0.717) is 18.3 Å². The van der Waals surface area contributed by atoms with Crippen molar-refractivity contribution < 1.29 is 4.79 Å². The average molecular weight is 324 g/mol. The number of rotatable bonds is 5. The van der Waals surface area contributed by atoms with Gasteiger partial charge in [0.2, 0.25) is 0 Å². The van der Waals surface area contributed by atoms with Gasteiger partial charge in [0, 0.05) is 24.8 Å². The fourth-order valence-corrected chi connectivity index (χ4v) is 3.08. The number of para-hydroxylation sites is 1. The molecule has 0 aliphatic carbocycles. The molecule has 24 heavy (non-hydrogen) atoms. The summed E-state index contributed by atoms with van der Waals surface area (Å²) < 4.78 is 0. The van der Waals surface area contributed by atoms with E-state index < -0.39 is 0 Å². The minimum absolute atomic E-state index is 0.126. The van der Waals surface area contributed by atoms with Crippen molar-refractivity contribution in [1.82, 2.24) is 15.2 Å². The molecule has 1 amide bonds. The van der Waals surface area contributed by atoms with Crippen molar-refractivity contribution in [1.29, 1.82) is 0 Å². The number of carbonyl (C=O) groups excluding carboxylic acids is 1. The third-order valence-corrected chi connectivity index (χ3v) is 4.27.